The van der Waals surface area contributed by atoms with Gasteiger partial charge < -0.3 is 16.4 Å². The number of nitrogens with one attached hydrogen (secondary N) is 2. The van der Waals surface area contributed by atoms with E-state index >= 15 is 0 Å². The highest BCUT2D eigenvalue weighted by molar-refractivity contribution is 5.87. The number of rotatable bonds is 4. The number of nitrogens with two attached hydrogens (primary N) is 1. The van der Waals surface area contributed by atoms with E-state index in [-0.39, 0.29) is 6.42 Å². The second-order valence-corrected chi connectivity index (χ2v) is 4.26. The molecule has 0 aliphatic carbocycles. The Morgan fingerprint density at radius 2 is 1.80 bits per heavy atom. The van der Waals surface area contributed by atoms with Gasteiger partial charge in [0.2, 0.25) is 0 Å². The van der Waals surface area contributed by atoms with Crippen LogP contribution in [0.1, 0.15) is 12.5 Å². The van der Waals surface area contributed by atoms with Crippen LogP contribution in [0, 0.1) is 0 Å². The maximum atomic E-state index is 12.1. The lowest BCUT2D eigenvalue weighted by Crippen LogP contribution is -2.42. The van der Waals surface area contributed by atoms with Crippen LogP contribution in [0.3, 0.4) is 0 Å². The second kappa shape index (κ2) is 6.27. The van der Waals surface area contributed by atoms with Crippen molar-refractivity contribution in [2.24, 2.45) is 5.73 Å². The zero-order valence-corrected chi connectivity index (χ0v) is 10.6. The summed E-state index contributed by atoms with van der Waals surface area (Å²) in [5.41, 5.74) is 6.13. The maximum absolute atomic E-state index is 12.1. The Kier molecular flexibility index (Phi) is 4.95. The van der Waals surface area contributed by atoms with Gasteiger partial charge in [-0.25, -0.2) is 4.79 Å². The summed E-state index contributed by atoms with van der Waals surface area (Å²) in [7, 11) is 0. The van der Waals surface area contributed by atoms with Crippen LogP contribution >= 0.6 is 0 Å². The molecule has 1 aromatic carbocycles. The number of amides is 3. The third-order valence-electron chi connectivity index (χ3n) is 2.40. The molecule has 0 saturated heterocycles. The minimum absolute atomic E-state index is 0.235. The number of hydrogen-bond donors (Lipinski definition) is 3. The molecule has 1 aromatic rings. The number of carbonyl (C=O) groups excluding carboxylic acids is 2. The monoisotopic (exact) mass is 289 g/mol. The predicted molar refractivity (Wildman–Crippen MR) is 67.0 cm³/mol. The second-order valence-electron chi connectivity index (χ2n) is 4.26. The molecule has 3 amide bonds. The van der Waals surface area contributed by atoms with E-state index in [1.54, 1.807) is 24.3 Å². The zero-order valence-electron chi connectivity index (χ0n) is 10.6. The molecule has 4 N–H and O–H groups in total. The molecule has 0 aliphatic heterocycles. The summed E-state index contributed by atoms with van der Waals surface area (Å²) in [6.07, 6.45) is -4.65. The summed E-state index contributed by atoms with van der Waals surface area (Å²) in [6, 6.07) is 5.02. The standard InChI is InChI=1S/C12H14F3N3O2/c1-7(17-10(19)12(13,14)15)6-8-2-4-9(5-3-8)18-11(16)20/h2-5,7H,6H2,1H3,(H,17,19)(H3,16,18,20). The van der Waals surface area contributed by atoms with Crippen LogP contribution < -0.4 is 16.4 Å². The molecule has 1 rings (SSSR count). The molecule has 0 saturated carbocycles. The average molecular weight is 289 g/mol. The number of carbonyl (C=O) groups is 2. The van der Waals surface area contributed by atoms with Gasteiger partial charge in [-0.1, -0.05) is 12.1 Å². The first-order chi connectivity index (χ1) is 9.18. The quantitative estimate of drug-likeness (QED) is 0.789. The van der Waals surface area contributed by atoms with Crippen molar-refractivity contribution < 1.29 is 22.8 Å². The summed E-state index contributed by atoms with van der Waals surface area (Å²) < 4.78 is 36.2. The topological polar surface area (TPSA) is 84.2 Å². The fourth-order valence-corrected chi connectivity index (χ4v) is 1.58. The maximum Gasteiger partial charge on any atom is 0.471 e. The van der Waals surface area contributed by atoms with Crippen molar-refractivity contribution in [3.63, 3.8) is 0 Å². The van der Waals surface area contributed by atoms with Crippen molar-refractivity contribution in [1.29, 1.82) is 0 Å². The SMILES string of the molecule is CC(Cc1ccc(NC(N)=O)cc1)NC(=O)C(F)(F)F. The fraction of sp³-hybridized carbons (Fsp3) is 0.333. The van der Waals surface area contributed by atoms with Crippen molar-refractivity contribution >= 4 is 17.6 Å². The van der Waals surface area contributed by atoms with Gasteiger partial charge in [-0.3, -0.25) is 4.79 Å². The normalized spacial score (nSPS) is 12.6. The molecule has 1 unspecified atom stereocenters. The molecule has 0 heterocycles. The van der Waals surface area contributed by atoms with Crippen molar-refractivity contribution in [2.45, 2.75) is 25.6 Å². The van der Waals surface area contributed by atoms with Gasteiger partial charge in [-0.2, -0.15) is 13.2 Å². The van der Waals surface area contributed by atoms with E-state index in [1.165, 1.54) is 6.92 Å². The summed E-state index contributed by atoms with van der Waals surface area (Å²) in [5.74, 6) is -1.96. The molecule has 0 bridgehead atoms. The van der Waals surface area contributed by atoms with E-state index in [0.29, 0.717) is 5.69 Å². The Bertz CT molecular complexity index is 486. The molecule has 5 nitrogen and oxygen atoms in total. The van der Waals surface area contributed by atoms with E-state index in [0.717, 1.165) is 5.56 Å². The van der Waals surface area contributed by atoms with Gasteiger partial charge in [-0.05, 0) is 31.0 Å². The van der Waals surface area contributed by atoms with Crippen LogP contribution in [0.5, 0.6) is 0 Å². The van der Waals surface area contributed by atoms with Gasteiger partial charge in [0.25, 0.3) is 0 Å². The van der Waals surface area contributed by atoms with Gasteiger partial charge in [0, 0.05) is 11.7 Å². The summed E-state index contributed by atoms with van der Waals surface area (Å²) in [5, 5.41) is 4.22. The number of alkyl halides is 3. The predicted octanol–water partition coefficient (Wildman–Crippen LogP) is 1.79. The average Bonchev–Trinajstić information content (AvgIpc) is 2.29. The number of anilines is 1. The van der Waals surface area contributed by atoms with Crippen molar-refractivity contribution in [3.8, 4) is 0 Å². The summed E-state index contributed by atoms with van der Waals surface area (Å²) in [4.78, 5) is 21.3. The summed E-state index contributed by atoms with van der Waals surface area (Å²) in [6.45, 7) is 1.47. The molecule has 1 atom stereocenters. The molecular weight excluding hydrogens is 275 g/mol. The van der Waals surface area contributed by atoms with Gasteiger partial charge >= 0.3 is 18.1 Å². The number of urea groups is 1. The van der Waals surface area contributed by atoms with E-state index in [9.17, 15) is 22.8 Å². The molecule has 0 fully saturated rings. The van der Waals surface area contributed by atoms with E-state index in [2.05, 4.69) is 5.32 Å². The van der Waals surface area contributed by atoms with Crippen molar-refractivity contribution in [2.75, 3.05) is 5.32 Å². The largest absolute Gasteiger partial charge is 0.471 e. The summed E-state index contributed by atoms with van der Waals surface area (Å²) >= 11 is 0. The Hall–Kier alpha value is -2.25. The van der Waals surface area contributed by atoms with Crippen molar-refractivity contribution in [1.82, 2.24) is 5.32 Å². The first-order valence-electron chi connectivity index (χ1n) is 5.71. The fourth-order valence-electron chi connectivity index (χ4n) is 1.58. The van der Waals surface area contributed by atoms with Crippen LogP contribution in [0.25, 0.3) is 0 Å². The highest BCUT2D eigenvalue weighted by Gasteiger charge is 2.39. The third kappa shape index (κ3) is 5.17. The van der Waals surface area contributed by atoms with Crippen LogP contribution in [0.15, 0.2) is 24.3 Å². The molecule has 20 heavy (non-hydrogen) atoms. The highest BCUT2D eigenvalue weighted by atomic mass is 19.4. The van der Waals surface area contributed by atoms with Crippen LogP contribution in [0.2, 0.25) is 0 Å². The number of benzene rings is 1. The van der Waals surface area contributed by atoms with E-state index in [1.807, 2.05) is 5.32 Å². The van der Waals surface area contributed by atoms with Gasteiger partial charge in [0.15, 0.2) is 0 Å². The Balaban J connectivity index is 2.56. The van der Waals surface area contributed by atoms with Gasteiger partial charge in [-0.15, -0.1) is 0 Å². The Morgan fingerprint density at radius 3 is 2.25 bits per heavy atom. The van der Waals surface area contributed by atoms with Gasteiger partial charge in [0.05, 0.1) is 0 Å². The molecular formula is C12H14F3N3O2. The number of halogens is 3. The molecule has 0 spiro atoms. The van der Waals surface area contributed by atoms with E-state index in [4.69, 9.17) is 5.73 Å². The first-order valence-corrected chi connectivity index (χ1v) is 5.71. The van der Waals surface area contributed by atoms with Crippen LogP contribution in [-0.4, -0.2) is 24.2 Å². The third-order valence-corrected chi connectivity index (χ3v) is 2.40. The Labute approximate surface area is 113 Å². The van der Waals surface area contributed by atoms with Crippen molar-refractivity contribution in [3.05, 3.63) is 29.8 Å². The highest BCUT2D eigenvalue weighted by Crippen LogP contribution is 2.15. The molecule has 110 valence electrons. The number of primary amides is 1. The lowest BCUT2D eigenvalue weighted by atomic mass is 10.1. The zero-order chi connectivity index (χ0) is 15.3. The smallest absolute Gasteiger partial charge is 0.351 e. The molecule has 0 aromatic heterocycles. The minimum Gasteiger partial charge on any atom is -0.351 e. The minimum atomic E-state index is -4.89. The van der Waals surface area contributed by atoms with E-state index < -0.39 is 24.2 Å². The molecule has 0 radical (unpaired) electrons. The Morgan fingerprint density at radius 1 is 1.25 bits per heavy atom. The lowest BCUT2D eigenvalue weighted by Gasteiger charge is -2.15. The number of hydrogen-bond acceptors (Lipinski definition) is 2. The lowest BCUT2D eigenvalue weighted by molar-refractivity contribution is -0.174. The van der Waals surface area contributed by atoms with Crippen LogP contribution in [0.4, 0.5) is 23.7 Å². The molecule has 0 aliphatic rings. The van der Waals surface area contributed by atoms with Gasteiger partial charge in [0.1, 0.15) is 0 Å². The first kappa shape index (κ1) is 15.8. The molecule has 8 heteroatoms. The van der Waals surface area contributed by atoms with Crippen LogP contribution in [-0.2, 0) is 11.2 Å².